The number of hydrogen-bond acceptors (Lipinski definition) is 4. The maximum atomic E-state index is 12.5. The first-order valence-electron chi connectivity index (χ1n) is 6.57. The minimum absolute atomic E-state index is 0.230. The minimum Gasteiger partial charge on any atom is -0.284 e. The standard InChI is InChI=1S/C13H16N4O2S/c18-20(19,13-8-15-16-9-13)17-7-1-2-12(10-17)11-3-5-14-6-4-11/h3-6,8-9,12H,1-2,7,10H2,(H,15,16)/t12-/m1/s1. The van der Waals surface area contributed by atoms with E-state index in [9.17, 15) is 8.42 Å². The predicted octanol–water partition coefficient (Wildman–Crippen LogP) is 1.37. The zero-order valence-corrected chi connectivity index (χ0v) is 11.8. The van der Waals surface area contributed by atoms with Crippen molar-refractivity contribution in [2.24, 2.45) is 0 Å². The summed E-state index contributed by atoms with van der Waals surface area (Å²) in [4.78, 5) is 4.23. The Morgan fingerprint density at radius 1 is 1.30 bits per heavy atom. The maximum absolute atomic E-state index is 12.5. The highest BCUT2D eigenvalue weighted by atomic mass is 32.2. The van der Waals surface area contributed by atoms with E-state index < -0.39 is 10.0 Å². The van der Waals surface area contributed by atoms with Gasteiger partial charge in [0.2, 0.25) is 10.0 Å². The molecule has 1 N–H and O–H groups in total. The van der Waals surface area contributed by atoms with E-state index in [4.69, 9.17) is 0 Å². The van der Waals surface area contributed by atoms with Gasteiger partial charge in [-0.05, 0) is 36.5 Å². The van der Waals surface area contributed by atoms with E-state index in [0.717, 1.165) is 18.4 Å². The van der Waals surface area contributed by atoms with E-state index >= 15 is 0 Å². The lowest BCUT2D eigenvalue weighted by molar-refractivity contribution is 0.315. The second kappa shape index (κ2) is 5.34. The zero-order chi connectivity index (χ0) is 14.0. The fourth-order valence-electron chi connectivity index (χ4n) is 2.60. The van der Waals surface area contributed by atoms with E-state index in [1.165, 1.54) is 12.4 Å². The van der Waals surface area contributed by atoms with Crippen LogP contribution in [0.3, 0.4) is 0 Å². The quantitative estimate of drug-likeness (QED) is 0.926. The van der Waals surface area contributed by atoms with Gasteiger partial charge in [-0.25, -0.2) is 8.42 Å². The molecule has 0 saturated carbocycles. The molecule has 0 bridgehead atoms. The second-order valence-electron chi connectivity index (χ2n) is 4.92. The normalized spacial score (nSPS) is 20.9. The van der Waals surface area contributed by atoms with Crippen molar-refractivity contribution in [3.05, 3.63) is 42.5 Å². The van der Waals surface area contributed by atoms with E-state index in [0.29, 0.717) is 13.1 Å². The summed E-state index contributed by atoms with van der Waals surface area (Å²) < 4.78 is 26.5. The molecule has 2 aromatic rings. The number of aromatic nitrogens is 3. The average Bonchev–Trinajstić information content (AvgIpc) is 3.03. The molecule has 0 amide bonds. The highest BCUT2D eigenvalue weighted by Gasteiger charge is 2.31. The van der Waals surface area contributed by atoms with Crippen molar-refractivity contribution >= 4 is 10.0 Å². The summed E-state index contributed by atoms with van der Waals surface area (Å²) >= 11 is 0. The largest absolute Gasteiger partial charge is 0.284 e. The van der Waals surface area contributed by atoms with Gasteiger partial charge >= 0.3 is 0 Å². The summed E-state index contributed by atoms with van der Waals surface area (Å²) in [6.45, 7) is 1.08. The zero-order valence-electron chi connectivity index (χ0n) is 10.9. The van der Waals surface area contributed by atoms with Gasteiger partial charge < -0.3 is 0 Å². The number of piperidine rings is 1. The first-order chi connectivity index (χ1) is 9.68. The Labute approximate surface area is 117 Å². The van der Waals surface area contributed by atoms with Crippen LogP contribution in [0.5, 0.6) is 0 Å². The van der Waals surface area contributed by atoms with Crippen molar-refractivity contribution in [1.29, 1.82) is 0 Å². The summed E-state index contributed by atoms with van der Waals surface area (Å²) in [5.74, 6) is 0.230. The third-order valence-corrected chi connectivity index (χ3v) is 5.50. The molecule has 1 aliphatic rings. The molecule has 3 heterocycles. The fourth-order valence-corrected chi connectivity index (χ4v) is 4.03. The highest BCUT2D eigenvalue weighted by molar-refractivity contribution is 7.89. The summed E-state index contributed by atoms with van der Waals surface area (Å²) in [6, 6.07) is 3.91. The summed E-state index contributed by atoms with van der Waals surface area (Å²) in [7, 11) is -3.44. The number of nitrogens with zero attached hydrogens (tertiary/aromatic N) is 3. The predicted molar refractivity (Wildman–Crippen MR) is 73.6 cm³/mol. The Hall–Kier alpha value is -1.73. The molecule has 0 spiro atoms. The molecule has 1 saturated heterocycles. The number of H-pyrrole nitrogens is 1. The molecule has 2 aromatic heterocycles. The van der Waals surface area contributed by atoms with Crippen molar-refractivity contribution < 1.29 is 8.42 Å². The summed E-state index contributed by atoms with van der Waals surface area (Å²) in [6.07, 6.45) is 8.14. The van der Waals surface area contributed by atoms with Crippen LogP contribution in [0, 0.1) is 0 Å². The first kappa shape index (κ1) is 13.3. The Morgan fingerprint density at radius 3 is 2.80 bits per heavy atom. The number of sulfonamides is 1. The number of pyridine rings is 1. The summed E-state index contributed by atoms with van der Waals surface area (Å²) in [5, 5.41) is 6.28. The lowest BCUT2D eigenvalue weighted by Gasteiger charge is -2.31. The Bertz CT molecular complexity index is 655. The van der Waals surface area contributed by atoms with Gasteiger partial charge in [0.25, 0.3) is 0 Å². The SMILES string of the molecule is O=S(=O)(c1cn[nH]c1)N1CCC[C@@H](c2ccncc2)C1. The number of rotatable bonds is 3. The van der Waals surface area contributed by atoms with Gasteiger partial charge in [-0.1, -0.05) is 0 Å². The molecule has 106 valence electrons. The van der Waals surface area contributed by atoms with Crippen LogP contribution < -0.4 is 0 Å². The fraction of sp³-hybridized carbons (Fsp3) is 0.385. The number of hydrogen-bond donors (Lipinski definition) is 1. The Morgan fingerprint density at radius 2 is 2.10 bits per heavy atom. The lowest BCUT2D eigenvalue weighted by Crippen LogP contribution is -2.38. The van der Waals surface area contributed by atoms with Crippen LogP contribution in [-0.4, -0.2) is 41.0 Å². The lowest BCUT2D eigenvalue weighted by atomic mass is 9.92. The monoisotopic (exact) mass is 292 g/mol. The van der Waals surface area contributed by atoms with E-state index in [1.807, 2.05) is 12.1 Å². The van der Waals surface area contributed by atoms with Crippen molar-refractivity contribution in [2.75, 3.05) is 13.1 Å². The molecule has 20 heavy (non-hydrogen) atoms. The molecule has 3 rings (SSSR count). The molecule has 0 radical (unpaired) electrons. The van der Waals surface area contributed by atoms with Crippen LogP contribution in [0.25, 0.3) is 0 Å². The van der Waals surface area contributed by atoms with Gasteiger partial charge in [0.15, 0.2) is 0 Å². The van der Waals surface area contributed by atoms with E-state index in [-0.39, 0.29) is 10.8 Å². The molecule has 6 nitrogen and oxygen atoms in total. The van der Waals surface area contributed by atoms with Crippen LogP contribution in [0.1, 0.15) is 24.3 Å². The van der Waals surface area contributed by atoms with Crippen LogP contribution >= 0.6 is 0 Å². The van der Waals surface area contributed by atoms with Crippen molar-refractivity contribution in [3.8, 4) is 0 Å². The van der Waals surface area contributed by atoms with Crippen molar-refractivity contribution in [1.82, 2.24) is 19.5 Å². The van der Waals surface area contributed by atoms with E-state index in [2.05, 4.69) is 15.2 Å². The molecule has 7 heteroatoms. The first-order valence-corrected chi connectivity index (χ1v) is 8.01. The van der Waals surface area contributed by atoms with Crippen LogP contribution in [0.15, 0.2) is 41.8 Å². The maximum Gasteiger partial charge on any atom is 0.246 e. The van der Waals surface area contributed by atoms with Crippen molar-refractivity contribution in [3.63, 3.8) is 0 Å². The van der Waals surface area contributed by atoms with Gasteiger partial charge in [-0.3, -0.25) is 10.1 Å². The van der Waals surface area contributed by atoms with Gasteiger partial charge in [0.1, 0.15) is 4.90 Å². The van der Waals surface area contributed by atoms with Gasteiger partial charge in [0.05, 0.1) is 6.20 Å². The molecule has 1 aliphatic heterocycles. The molecule has 0 aliphatic carbocycles. The molecule has 0 unspecified atom stereocenters. The number of aromatic amines is 1. The average molecular weight is 292 g/mol. The minimum atomic E-state index is -3.44. The topological polar surface area (TPSA) is 79.0 Å². The second-order valence-corrected chi connectivity index (χ2v) is 6.85. The van der Waals surface area contributed by atoms with Gasteiger partial charge in [0, 0.05) is 31.7 Å². The van der Waals surface area contributed by atoms with Crippen molar-refractivity contribution in [2.45, 2.75) is 23.7 Å². The molecule has 1 atom stereocenters. The van der Waals surface area contributed by atoms with Gasteiger partial charge in [-0.15, -0.1) is 0 Å². The number of nitrogens with one attached hydrogen (secondary N) is 1. The highest BCUT2D eigenvalue weighted by Crippen LogP contribution is 2.29. The molecular formula is C13H16N4O2S. The molecule has 0 aromatic carbocycles. The molecule has 1 fully saturated rings. The Balaban J connectivity index is 1.83. The van der Waals surface area contributed by atoms with Crippen LogP contribution in [-0.2, 0) is 10.0 Å². The molecular weight excluding hydrogens is 276 g/mol. The van der Waals surface area contributed by atoms with E-state index in [1.54, 1.807) is 16.7 Å². The smallest absolute Gasteiger partial charge is 0.246 e. The third-order valence-electron chi connectivity index (χ3n) is 3.67. The Kier molecular flexibility index (Phi) is 3.54. The van der Waals surface area contributed by atoms with Gasteiger partial charge in [-0.2, -0.15) is 9.40 Å². The third kappa shape index (κ3) is 2.46. The summed E-state index contributed by atoms with van der Waals surface area (Å²) in [5.41, 5.74) is 1.15. The van der Waals surface area contributed by atoms with Crippen LogP contribution in [0.2, 0.25) is 0 Å². The van der Waals surface area contributed by atoms with Crippen LogP contribution in [0.4, 0.5) is 0 Å².